The van der Waals surface area contributed by atoms with E-state index >= 15 is 0 Å². The Hall–Kier alpha value is -2.10. The van der Waals surface area contributed by atoms with Crippen molar-refractivity contribution in [1.82, 2.24) is 24.8 Å². The number of hydrogen-bond acceptors (Lipinski definition) is 8. The number of fused-ring (bicyclic) bond motifs is 1. The smallest absolute Gasteiger partial charge is 0.264 e. The number of rotatable bonds is 2. The van der Waals surface area contributed by atoms with Crippen LogP contribution < -0.4 is 5.73 Å². The van der Waals surface area contributed by atoms with E-state index in [2.05, 4.69) is 40.6 Å². The molecule has 0 aromatic carbocycles. The first kappa shape index (κ1) is 19.2. The molecule has 1 amide bonds. The zero-order valence-corrected chi connectivity index (χ0v) is 18.2. The molecule has 3 aromatic heterocycles. The number of nitrogens with zero attached hydrogens (tertiary/aromatic N) is 5. The molecule has 1 aliphatic rings. The summed E-state index contributed by atoms with van der Waals surface area (Å²) in [7, 11) is 0. The number of nitrogens with two attached hydrogens (primary N) is 1. The van der Waals surface area contributed by atoms with E-state index < -0.39 is 0 Å². The van der Waals surface area contributed by atoms with Crippen molar-refractivity contribution in [2.75, 3.05) is 31.9 Å². The molecule has 3 aromatic rings. The Balaban J connectivity index is 1.58. The molecule has 1 saturated heterocycles. The van der Waals surface area contributed by atoms with Crippen LogP contribution in [-0.2, 0) is 0 Å². The molecule has 2 N–H and O–H groups in total. The number of aryl methyl sites for hydroxylation is 1. The predicted octanol–water partition coefficient (Wildman–Crippen LogP) is 3.26. The van der Waals surface area contributed by atoms with Crippen LogP contribution in [0.1, 0.15) is 36.1 Å². The molecule has 1 aliphatic heterocycles. The first-order chi connectivity index (χ1) is 13.2. The standard InChI is InChI=1S/C19H24N6OS2/c1-11-10-27-17(21-11)15-22-14(20)12-9-13(28-16(12)23-15)18(26)24-5-7-25(8-6-24)19(2,3)4/h9-10H,5-8H2,1-4H3,(H2,20,22,23). The highest BCUT2D eigenvalue weighted by Crippen LogP contribution is 2.32. The van der Waals surface area contributed by atoms with Crippen molar-refractivity contribution in [3.63, 3.8) is 0 Å². The van der Waals surface area contributed by atoms with Crippen LogP contribution in [0.4, 0.5) is 5.82 Å². The lowest BCUT2D eigenvalue weighted by atomic mass is 10.0. The summed E-state index contributed by atoms with van der Waals surface area (Å²) < 4.78 is 0. The topological polar surface area (TPSA) is 88.2 Å². The highest BCUT2D eigenvalue weighted by Gasteiger charge is 2.29. The molecule has 0 bridgehead atoms. The largest absolute Gasteiger partial charge is 0.383 e. The summed E-state index contributed by atoms with van der Waals surface area (Å²) in [5.74, 6) is 0.950. The summed E-state index contributed by atoms with van der Waals surface area (Å²) in [5, 5.41) is 3.43. The molecule has 9 heteroatoms. The lowest BCUT2D eigenvalue weighted by Gasteiger charge is -2.42. The SMILES string of the molecule is Cc1csc(-c2nc(N)c3cc(C(=O)N4CCN(C(C)(C)C)CC4)sc3n2)n1. The number of thiophene rings is 1. The van der Waals surface area contributed by atoms with Crippen LogP contribution in [0.25, 0.3) is 21.0 Å². The van der Waals surface area contributed by atoms with Gasteiger partial charge in [0.25, 0.3) is 5.91 Å². The van der Waals surface area contributed by atoms with E-state index in [0.29, 0.717) is 16.5 Å². The van der Waals surface area contributed by atoms with E-state index in [4.69, 9.17) is 5.73 Å². The van der Waals surface area contributed by atoms with E-state index in [1.54, 1.807) is 0 Å². The van der Waals surface area contributed by atoms with E-state index in [1.165, 1.54) is 22.7 Å². The number of piperazine rings is 1. The molecule has 28 heavy (non-hydrogen) atoms. The van der Waals surface area contributed by atoms with Gasteiger partial charge in [-0.05, 0) is 33.8 Å². The summed E-state index contributed by atoms with van der Waals surface area (Å²) >= 11 is 2.87. The van der Waals surface area contributed by atoms with E-state index in [0.717, 1.165) is 47.1 Å². The van der Waals surface area contributed by atoms with Crippen LogP contribution in [-0.4, -0.2) is 62.4 Å². The number of amides is 1. The first-order valence-electron chi connectivity index (χ1n) is 9.26. The molecular formula is C19H24N6OS2. The van der Waals surface area contributed by atoms with E-state index in [9.17, 15) is 4.79 Å². The minimum atomic E-state index is 0.0441. The highest BCUT2D eigenvalue weighted by atomic mass is 32.1. The van der Waals surface area contributed by atoms with Crippen molar-refractivity contribution in [2.45, 2.75) is 33.2 Å². The minimum absolute atomic E-state index is 0.0441. The van der Waals surface area contributed by atoms with Crippen LogP contribution in [0, 0.1) is 6.92 Å². The minimum Gasteiger partial charge on any atom is -0.383 e. The highest BCUT2D eigenvalue weighted by molar-refractivity contribution is 7.20. The first-order valence-corrected chi connectivity index (χ1v) is 11.0. The fourth-order valence-corrected chi connectivity index (χ4v) is 5.07. The number of hydrogen-bond donors (Lipinski definition) is 1. The Kier molecular flexibility index (Phi) is 4.84. The van der Waals surface area contributed by atoms with E-state index in [-0.39, 0.29) is 11.4 Å². The molecule has 7 nitrogen and oxygen atoms in total. The van der Waals surface area contributed by atoms with Crippen molar-refractivity contribution in [3.05, 3.63) is 22.0 Å². The molecule has 0 spiro atoms. The van der Waals surface area contributed by atoms with Gasteiger partial charge in [0.05, 0.1) is 10.3 Å². The third kappa shape index (κ3) is 3.61. The van der Waals surface area contributed by atoms with Crippen LogP contribution in [0.3, 0.4) is 0 Å². The number of carbonyl (C=O) groups is 1. The zero-order valence-electron chi connectivity index (χ0n) is 16.5. The lowest BCUT2D eigenvalue weighted by molar-refractivity contribution is 0.0455. The second-order valence-corrected chi connectivity index (χ2v) is 9.89. The average Bonchev–Trinajstić information content (AvgIpc) is 3.27. The third-order valence-electron chi connectivity index (χ3n) is 4.96. The van der Waals surface area contributed by atoms with E-state index in [1.807, 2.05) is 23.3 Å². The summed E-state index contributed by atoms with van der Waals surface area (Å²) in [6.07, 6.45) is 0. The summed E-state index contributed by atoms with van der Waals surface area (Å²) in [5.41, 5.74) is 7.22. The van der Waals surface area contributed by atoms with Gasteiger partial charge in [-0.25, -0.2) is 15.0 Å². The molecule has 0 radical (unpaired) electrons. The Morgan fingerprint density at radius 1 is 1.14 bits per heavy atom. The zero-order chi connectivity index (χ0) is 20.1. The number of nitrogen functional groups attached to an aromatic ring is 1. The Labute approximate surface area is 172 Å². The molecule has 148 valence electrons. The van der Waals surface area contributed by atoms with Gasteiger partial charge in [-0.15, -0.1) is 22.7 Å². The van der Waals surface area contributed by atoms with Crippen molar-refractivity contribution >= 4 is 44.6 Å². The monoisotopic (exact) mass is 416 g/mol. The van der Waals surface area contributed by atoms with Crippen LogP contribution in [0.2, 0.25) is 0 Å². The maximum atomic E-state index is 13.0. The van der Waals surface area contributed by atoms with Crippen molar-refractivity contribution in [3.8, 4) is 10.8 Å². The molecule has 1 fully saturated rings. The second-order valence-electron chi connectivity index (χ2n) is 8.01. The number of carbonyl (C=O) groups excluding carboxylic acids is 1. The Bertz CT molecular complexity index is 1030. The van der Waals surface area contributed by atoms with Gasteiger partial charge in [-0.2, -0.15) is 0 Å². The van der Waals surface area contributed by atoms with Gasteiger partial charge in [0.2, 0.25) is 0 Å². The summed E-state index contributed by atoms with van der Waals surface area (Å²) in [4.78, 5) is 32.2. The van der Waals surface area contributed by atoms with Crippen LogP contribution >= 0.6 is 22.7 Å². The lowest BCUT2D eigenvalue weighted by Crippen LogP contribution is -2.54. The van der Waals surface area contributed by atoms with Gasteiger partial charge in [0.15, 0.2) is 10.8 Å². The normalized spacial score (nSPS) is 16.1. The maximum absolute atomic E-state index is 13.0. The Morgan fingerprint density at radius 2 is 1.86 bits per heavy atom. The van der Waals surface area contributed by atoms with Crippen LogP contribution in [0.5, 0.6) is 0 Å². The quantitative estimate of drug-likeness (QED) is 0.690. The molecule has 0 saturated carbocycles. The Morgan fingerprint density at radius 3 is 2.46 bits per heavy atom. The molecule has 0 aliphatic carbocycles. The van der Waals surface area contributed by atoms with Crippen molar-refractivity contribution in [2.24, 2.45) is 0 Å². The number of anilines is 1. The van der Waals surface area contributed by atoms with Gasteiger partial charge in [0, 0.05) is 42.8 Å². The van der Waals surface area contributed by atoms with Crippen molar-refractivity contribution in [1.29, 1.82) is 0 Å². The number of thiazole rings is 1. The maximum Gasteiger partial charge on any atom is 0.264 e. The van der Waals surface area contributed by atoms with Gasteiger partial charge in [-0.3, -0.25) is 9.69 Å². The summed E-state index contributed by atoms with van der Waals surface area (Å²) in [6, 6.07) is 1.82. The second kappa shape index (κ2) is 7.06. The molecule has 4 rings (SSSR count). The predicted molar refractivity (Wildman–Crippen MR) is 115 cm³/mol. The average molecular weight is 417 g/mol. The van der Waals surface area contributed by atoms with Gasteiger partial charge < -0.3 is 10.6 Å². The number of aromatic nitrogens is 3. The fraction of sp³-hybridized carbons (Fsp3) is 0.474. The van der Waals surface area contributed by atoms with Gasteiger partial charge in [-0.1, -0.05) is 0 Å². The summed E-state index contributed by atoms with van der Waals surface area (Å²) in [6.45, 7) is 11.8. The van der Waals surface area contributed by atoms with Crippen LogP contribution in [0.15, 0.2) is 11.4 Å². The molecular weight excluding hydrogens is 392 g/mol. The molecule has 0 unspecified atom stereocenters. The van der Waals surface area contributed by atoms with Gasteiger partial charge in [0.1, 0.15) is 10.6 Å². The van der Waals surface area contributed by atoms with Gasteiger partial charge >= 0.3 is 0 Å². The molecule has 4 heterocycles. The third-order valence-corrected chi connectivity index (χ3v) is 6.93. The fourth-order valence-electron chi connectivity index (χ4n) is 3.34. The molecule has 0 atom stereocenters. The van der Waals surface area contributed by atoms with Crippen molar-refractivity contribution < 1.29 is 4.79 Å².